The van der Waals surface area contributed by atoms with Gasteiger partial charge in [-0.05, 0) is 37.5 Å². The van der Waals surface area contributed by atoms with Gasteiger partial charge in [0.15, 0.2) is 0 Å². The van der Waals surface area contributed by atoms with E-state index in [-0.39, 0.29) is 0 Å². The molecule has 90 valence electrons. The van der Waals surface area contributed by atoms with Gasteiger partial charge in [0.25, 0.3) is 0 Å². The van der Waals surface area contributed by atoms with Gasteiger partial charge in [-0.2, -0.15) is 0 Å². The predicted molar refractivity (Wildman–Crippen MR) is 72.1 cm³/mol. The minimum absolute atomic E-state index is 0.980. The van der Waals surface area contributed by atoms with Gasteiger partial charge in [-0.3, -0.25) is 4.98 Å². The van der Waals surface area contributed by atoms with Crippen LogP contribution in [0.3, 0.4) is 0 Å². The molecule has 0 N–H and O–H groups in total. The van der Waals surface area contributed by atoms with Crippen LogP contribution in [0.4, 0.5) is 0 Å². The molecular weight excluding hydrogens is 208 g/mol. The second-order valence-corrected chi connectivity index (χ2v) is 4.65. The minimum atomic E-state index is 0.980. The van der Waals surface area contributed by atoms with Gasteiger partial charge in [-0.1, -0.05) is 32.3 Å². The third kappa shape index (κ3) is 3.26. The van der Waals surface area contributed by atoms with E-state index in [0.29, 0.717) is 0 Å². The lowest BCUT2D eigenvalue weighted by atomic mass is 10.1. The highest BCUT2D eigenvalue weighted by Crippen LogP contribution is 2.14. The second kappa shape index (κ2) is 5.76. The third-order valence-corrected chi connectivity index (χ3v) is 3.05. The monoisotopic (exact) mass is 228 g/mol. The van der Waals surface area contributed by atoms with Crippen LogP contribution in [0.1, 0.15) is 43.9 Å². The molecule has 17 heavy (non-hydrogen) atoms. The first kappa shape index (κ1) is 12.0. The molecule has 1 heterocycles. The Morgan fingerprint density at radius 2 is 1.94 bits per heavy atom. The lowest BCUT2D eigenvalue weighted by Crippen LogP contribution is -1.90. The fourth-order valence-electron chi connectivity index (χ4n) is 2.06. The summed E-state index contributed by atoms with van der Waals surface area (Å²) in [5.41, 5.74) is 4.38. The number of aryl methyl sites for hydroxylation is 2. The average Bonchev–Trinajstić information content (AvgIpc) is 2.35. The number of rotatable bonds is 5. The van der Waals surface area contributed by atoms with E-state index >= 15 is 0 Å². The zero-order valence-corrected chi connectivity index (χ0v) is 10.7. The quantitative estimate of drug-likeness (QED) is 0.721. The van der Waals surface area contributed by atoms with E-state index in [2.05, 4.69) is 35.1 Å². The maximum atomic E-state index is 4.46. The van der Waals surface area contributed by atoms with E-state index in [1.165, 1.54) is 31.2 Å². The molecule has 2 rings (SSSR count). The van der Waals surface area contributed by atoms with Crippen molar-refractivity contribution in [3.63, 3.8) is 0 Å². The number of hydrogen-bond acceptors (Lipinski definition) is 2. The van der Waals surface area contributed by atoms with Crippen molar-refractivity contribution in [2.45, 2.75) is 46.0 Å². The molecule has 0 bridgehead atoms. The molecule has 0 aliphatic rings. The molecule has 1 aromatic heterocycles. The molecule has 0 radical (unpaired) electrons. The maximum absolute atomic E-state index is 4.46. The molecule has 0 spiro atoms. The fraction of sp³-hybridized carbons (Fsp3) is 0.467. The topological polar surface area (TPSA) is 25.8 Å². The number of hydrogen-bond donors (Lipinski definition) is 0. The Labute approximate surface area is 103 Å². The van der Waals surface area contributed by atoms with Crippen molar-refractivity contribution >= 4 is 11.0 Å². The summed E-state index contributed by atoms with van der Waals surface area (Å²) in [6, 6.07) is 6.45. The van der Waals surface area contributed by atoms with Gasteiger partial charge >= 0.3 is 0 Å². The molecule has 2 aromatic rings. The van der Waals surface area contributed by atoms with Crippen molar-refractivity contribution in [3.05, 3.63) is 35.7 Å². The summed E-state index contributed by atoms with van der Waals surface area (Å²) in [5.74, 6) is 0. The second-order valence-electron chi connectivity index (χ2n) is 4.65. The molecule has 0 atom stereocenters. The summed E-state index contributed by atoms with van der Waals surface area (Å²) >= 11 is 0. The molecule has 0 aliphatic heterocycles. The number of unbranched alkanes of at least 4 members (excludes halogenated alkanes) is 3. The average molecular weight is 228 g/mol. The Hall–Kier alpha value is -1.44. The van der Waals surface area contributed by atoms with Crippen molar-refractivity contribution < 1.29 is 0 Å². The summed E-state index contributed by atoms with van der Waals surface area (Å²) in [7, 11) is 0. The Balaban J connectivity index is 2.07. The first-order chi connectivity index (χ1) is 8.29. The highest BCUT2D eigenvalue weighted by molar-refractivity contribution is 5.74. The summed E-state index contributed by atoms with van der Waals surface area (Å²) in [4.78, 5) is 8.89. The zero-order valence-electron chi connectivity index (χ0n) is 10.7. The smallest absolute Gasteiger partial charge is 0.0890 e. The van der Waals surface area contributed by atoms with Crippen LogP contribution in [0.2, 0.25) is 0 Å². The molecule has 2 heteroatoms. The molecule has 0 saturated carbocycles. The summed E-state index contributed by atoms with van der Waals surface area (Å²) in [6.45, 7) is 4.22. The molecular formula is C15H20N2. The molecule has 2 nitrogen and oxygen atoms in total. The Morgan fingerprint density at radius 3 is 2.76 bits per heavy atom. The van der Waals surface area contributed by atoms with Crippen LogP contribution in [0.5, 0.6) is 0 Å². The summed E-state index contributed by atoms with van der Waals surface area (Å²) in [5, 5.41) is 0. The Morgan fingerprint density at radius 1 is 1.06 bits per heavy atom. The van der Waals surface area contributed by atoms with Crippen LogP contribution in [-0.4, -0.2) is 9.97 Å². The van der Waals surface area contributed by atoms with E-state index in [0.717, 1.165) is 23.1 Å². The predicted octanol–water partition coefficient (Wildman–Crippen LogP) is 4.06. The summed E-state index contributed by atoms with van der Waals surface area (Å²) in [6.07, 6.45) is 8.23. The van der Waals surface area contributed by atoms with E-state index in [4.69, 9.17) is 0 Å². The van der Waals surface area contributed by atoms with Crippen molar-refractivity contribution in [3.8, 4) is 0 Å². The number of benzene rings is 1. The molecule has 0 amide bonds. The van der Waals surface area contributed by atoms with E-state index < -0.39 is 0 Å². The molecule has 0 unspecified atom stereocenters. The number of aromatic nitrogens is 2. The highest BCUT2D eigenvalue weighted by atomic mass is 14.8. The Bertz CT molecular complexity index is 491. The van der Waals surface area contributed by atoms with Crippen LogP contribution in [0, 0.1) is 6.92 Å². The van der Waals surface area contributed by atoms with E-state index in [9.17, 15) is 0 Å². The van der Waals surface area contributed by atoms with Gasteiger partial charge in [-0.25, -0.2) is 4.98 Å². The van der Waals surface area contributed by atoms with Gasteiger partial charge in [-0.15, -0.1) is 0 Å². The molecule has 1 aromatic carbocycles. The lowest BCUT2D eigenvalue weighted by molar-refractivity contribution is 0.667. The molecule has 0 aliphatic carbocycles. The van der Waals surface area contributed by atoms with Gasteiger partial charge in [0.2, 0.25) is 0 Å². The van der Waals surface area contributed by atoms with Crippen LogP contribution >= 0.6 is 0 Å². The first-order valence-electron chi connectivity index (χ1n) is 6.52. The summed E-state index contributed by atoms with van der Waals surface area (Å²) < 4.78 is 0. The largest absolute Gasteiger partial charge is 0.253 e. The van der Waals surface area contributed by atoms with E-state index in [1.54, 1.807) is 0 Å². The van der Waals surface area contributed by atoms with Crippen LogP contribution in [0.15, 0.2) is 24.4 Å². The third-order valence-electron chi connectivity index (χ3n) is 3.05. The van der Waals surface area contributed by atoms with Crippen LogP contribution in [0.25, 0.3) is 11.0 Å². The van der Waals surface area contributed by atoms with Gasteiger partial charge in [0.1, 0.15) is 0 Å². The molecule has 0 saturated heterocycles. The lowest BCUT2D eigenvalue weighted by Gasteiger charge is -2.03. The minimum Gasteiger partial charge on any atom is -0.253 e. The first-order valence-corrected chi connectivity index (χ1v) is 6.52. The molecule has 0 fully saturated rings. The van der Waals surface area contributed by atoms with Crippen molar-refractivity contribution in [1.82, 2.24) is 9.97 Å². The van der Waals surface area contributed by atoms with E-state index in [1.807, 2.05) is 13.1 Å². The maximum Gasteiger partial charge on any atom is 0.0890 e. The van der Waals surface area contributed by atoms with Gasteiger partial charge < -0.3 is 0 Å². The van der Waals surface area contributed by atoms with Crippen LogP contribution in [-0.2, 0) is 6.42 Å². The highest BCUT2D eigenvalue weighted by Gasteiger charge is 1.99. The van der Waals surface area contributed by atoms with Crippen LogP contribution < -0.4 is 0 Å². The fourth-order valence-corrected chi connectivity index (χ4v) is 2.06. The van der Waals surface area contributed by atoms with Crippen molar-refractivity contribution in [2.75, 3.05) is 0 Å². The van der Waals surface area contributed by atoms with Crippen molar-refractivity contribution in [1.29, 1.82) is 0 Å². The normalized spacial score (nSPS) is 10.9. The zero-order chi connectivity index (χ0) is 12.1. The SMILES string of the molecule is CCCCCCc1ccc2nc(C)cnc2c1. The standard InChI is InChI=1S/C15H20N2/c1-3-4-5-6-7-13-8-9-14-15(10-13)16-11-12(2)17-14/h8-11H,3-7H2,1-2H3. The van der Waals surface area contributed by atoms with Gasteiger partial charge in [0.05, 0.1) is 16.7 Å². The van der Waals surface area contributed by atoms with Crippen molar-refractivity contribution in [2.24, 2.45) is 0 Å². The Kier molecular flexibility index (Phi) is 4.08. The number of nitrogens with zero attached hydrogens (tertiary/aromatic N) is 2. The number of fused-ring (bicyclic) bond motifs is 1. The van der Waals surface area contributed by atoms with Gasteiger partial charge in [0, 0.05) is 6.20 Å².